The molecule has 0 fully saturated rings. The Morgan fingerprint density at radius 3 is 2.35 bits per heavy atom. The van der Waals surface area contributed by atoms with Gasteiger partial charge in [0.2, 0.25) is 6.54 Å². The number of carbonyl (C=O) groups excluding carboxylic acids is 1. The van der Waals surface area contributed by atoms with Crippen molar-refractivity contribution in [3.8, 4) is 5.75 Å². The van der Waals surface area contributed by atoms with E-state index in [1.54, 1.807) is 24.3 Å². The standard InChI is InChI=1S/C16H16N4O6/c1-26-15-5-3-2-4-13(15)14(10-19(22)23)17-18-16(21)11-6-8-12(9-7-11)20(24)25/h2-9,14,17H,10H2,1H3,(H,18,21)/t14-/m1/s1. The lowest BCUT2D eigenvalue weighted by Gasteiger charge is -2.18. The van der Waals surface area contributed by atoms with E-state index < -0.39 is 28.3 Å². The number of hydrogen-bond donors (Lipinski definition) is 2. The molecule has 0 saturated heterocycles. The molecule has 10 heteroatoms. The highest BCUT2D eigenvalue weighted by atomic mass is 16.6. The van der Waals surface area contributed by atoms with Crippen molar-refractivity contribution in [1.29, 1.82) is 0 Å². The van der Waals surface area contributed by atoms with E-state index in [9.17, 15) is 25.0 Å². The zero-order chi connectivity index (χ0) is 19.1. The molecule has 2 aromatic rings. The van der Waals surface area contributed by atoms with Gasteiger partial charge in [0.15, 0.2) is 0 Å². The molecule has 0 radical (unpaired) electrons. The number of hydrogen-bond acceptors (Lipinski definition) is 7. The number of hydrazine groups is 1. The van der Waals surface area contributed by atoms with E-state index in [1.807, 2.05) is 0 Å². The highest BCUT2D eigenvalue weighted by molar-refractivity contribution is 5.94. The summed E-state index contributed by atoms with van der Waals surface area (Å²) in [6, 6.07) is 10.9. The third-order valence-electron chi connectivity index (χ3n) is 3.55. The van der Waals surface area contributed by atoms with Crippen LogP contribution in [0.3, 0.4) is 0 Å². The van der Waals surface area contributed by atoms with Crippen molar-refractivity contribution >= 4 is 11.6 Å². The highest BCUT2D eigenvalue weighted by Crippen LogP contribution is 2.24. The number of nitrogens with zero attached hydrogens (tertiary/aromatic N) is 2. The van der Waals surface area contributed by atoms with Gasteiger partial charge in [0.05, 0.1) is 12.0 Å². The Kier molecular flexibility index (Phi) is 6.17. The number of carbonyl (C=O) groups is 1. The van der Waals surface area contributed by atoms with Crippen molar-refractivity contribution in [2.45, 2.75) is 6.04 Å². The number of nitro groups is 2. The first-order valence-corrected chi connectivity index (χ1v) is 7.47. The summed E-state index contributed by atoms with van der Waals surface area (Å²) in [5.41, 5.74) is 5.54. The summed E-state index contributed by atoms with van der Waals surface area (Å²) in [6.45, 7) is -0.485. The molecule has 1 amide bonds. The molecule has 2 aromatic carbocycles. The Labute approximate surface area is 148 Å². The highest BCUT2D eigenvalue weighted by Gasteiger charge is 2.22. The summed E-state index contributed by atoms with van der Waals surface area (Å²) < 4.78 is 5.20. The van der Waals surface area contributed by atoms with E-state index >= 15 is 0 Å². The summed E-state index contributed by atoms with van der Waals surface area (Å²) in [5.74, 6) is -0.139. The number of ether oxygens (including phenoxy) is 1. The second-order valence-corrected chi connectivity index (χ2v) is 5.21. The summed E-state index contributed by atoms with van der Waals surface area (Å²) in [5, 5.41) is 21.6. The van der Waals surface area contributed by atoms with Crippen LogP contribution in [0.2, 0.25) is 0 Å². The Balaban J connectivity index is 2.12. The van der Waals surface area contributed by atoms with Crippen molar-refractivity contribution < 1.29 is 19.4 Å². The van der Waals surface area contributed by atoms with Crippen LogP contribution in [0, 0.1) is 20.2 Å². The zero-order valence-electron chi connectivity index (χ0n) is 13.7. The minimum Gasteiger partial charge on any atom is -0.496 e. The zero-order valence-corrected chi connectivity index (χ0v) is 13.7. The summed E-state index contributed by atoms with van der Waals surface area (Å²) in [6.07, 6.45) is 0. The summed E-state index contributed by atoms with van der Waals surface area (Å²) in [4.78, 5) is 32.7. The van der Waals surface area contributed by atoms with Gasteiger partial charge in [-0.2, -0.15) is 0 Å². The van der Waals surface area contributed by atoms with Gasteiger partial charge in [0, 0.05) is 28.2 Å². The molecular weight excluding hydrogens is 344 g/mol. The smallest absolute Gasteiger partial charge is 0.269 e. The number of nitrogens with one attached hydrogen (secondary N) is 2. The molecule has 2 N–H and O–H groups in total. The normalized spacial score (nSPS) is 11.4. The van der Waals surface area contributed by atoms with Gasteiger partial charge >= 0.3 is 0 Å². The molecule has 1 atom stereocenters. The molecule has 0 saturated carbocycles. The van der Waals surface area contributed by atoms with Crippen LogP contribution in [0.5, 0.6) is 5.75 Å². The third-order valence-corrected chi connectivity index (χ3v) is 3.55. The maximum Gasteiger partial charge on any atom is 0.269 e. The van der Waals surface area contributed by atoms with Crippen molar-refractivity contribution in [3.05, 3.63) is 79.9 Å². The predicted octanol–water partition coefficient (Wildman–Crippen LogP) is 1.86. The van der Waals surface area contributed by atoms with Crippen LogP contribution in [-0.2, 0) is 0 Å². The Hall–Kier alpha value is -3.53. The van der Waals surface area contributed by atoms with E-state index in [0.717, 1.165) is 0 Å². The second kappa shape index (κ2) is 8.53. The molecule has 0 spiro atoms. The molecular formula is C16H16N4O6. The minimum atomic E-state index is -0.830. The average molecular weight is 360 g/mol. The van der Waals surface area contributed by atoms with Gasteiger partial charge in [0.25, 0.3) is 11.6 Å². The number of methoxy groups -OCH3 is 1. The lowest BCUT2D eigenvalue weighted by Crippen LogP contribution is -2.42. The topological polar surface area (TPSA) is 137 Å². The number of nitro benzene ring substituents is 1. The van der Waals surface area contributed by atoms with Gasteiger partial charge < -0.3 is 4.74 Å². The van der Waals surface area contributed by atoms with Crippen LogP contribution >= 0.6 is 0 Å². The largest absolute Gasteiger partial charge is 0.496 e. The maximum absolute atomic E-state index is 12.2. The van der Waals surface area contributed by atoms with Crippen molar-refractivity contribution in [2.24, 2.45) is 0 Å². The maximum atomic E-state index is 12.2. The molecule has 26 heavy (non-hydrogen) atoms. The third kappa shape index (κ3) is 4.74. The van der Waals surface area contributed by atoms with Gasteiger partial charge in [-0.1, -0.05) is 18.2 Å². The molecule has 136 valence electrons. The molecule has 0 bridgehead atoms. The first-order valence-electron chi connectivity index (χ1n) is 7.47. The minimum absolute atomic E-state index is 0.144. The predicted molar refractivity (Wildman–Crippen MR) is 91.3 cm³/mol. The number of benzene rings is 2. The first-order chi connectivity index (χ1) is 12.4. The lowest BCUT2D eigenvalue weighted by molar-refractivity contribution is -0.484. The average Bonchev–Trinajstić information content (AvgIpc) is 2.64. The molecule has 0 heterocycles. The first kappa shape index (κ1) is 18.8. The van der Waals surface area contributed by atoms with E-state index in [-0.39, 0.29) is 11.3 Å². The van der Waals surface area contributed by atoms with Gasteiger partial charge in [0.1, 0.15) is 11.8 Å². The number of rotatable bonds is 8. The SMILES string of the molecule is COc1ccccc1[C@@H](C[N+](=O)[O-])NNC(=O)c1ccc([N+](=O)[O-])cc1. The Bertz CT molecular complexity index is 809. The molecule has 0 aromatic heterocycles. The monoisotopic (exact) mass is 360 g/mol. The quantitative estimate of drug-likeness (QED) is 0.541. The van der Waals surface area contributed by atoms with Crippen LogP contribution in [0.4, 0.5) is 5.69 Å². The molecule has 0 aliphatic heterocycles. The van der Waals surface area contributed by atoms with Gasteiger partial charge in [-0.25, -0.2) is 5.43 Å². The molecule has 10 nitrogen and oxygen atoms in total. The molecule has 2 rings (SSSR count). The fraction of sp³-hybridized carbons (Fsp3) is 0.188. The van der Waals surface area contributed by atoms with Crippen LogP contribution in [0.1, 0.15) is 22.0 Å². The Morgan fingerprint density at radius 1 is 1.12 bits per heavy atom. The Morgan fingerprint density at radius 2 is 1.77 bits per heavy atom. The lowest BCUT2D eigenvalue weighted by atomic mass is 10.1. The van der Waals surface area contributed by atoms with Crippen molar-refractivity contribution in [3.63, 3.8) is 0 Å². The van der Waals surface area contributed by atoms with E-state index in [1.165, 1.54) is 31.4 Å². The molecule has 0 aliphatic rings. The van der Waals surface area contributed by atoms with E-state index in [0.29, 0.717) is 11.3 Å². The van der Waals surface area contributed by atoms with Gasteiger partial charge in [-0.05, 0) is 18.2 Å². The number of amides is 1. The van der Waals surface area contributed by atoms with Crippen LogP contribution in [-0.4, -0.2) is 29.4 Å². The van der Waals surface area contributed by atoms with Gasteiger partial charge in [-0.3, -0.25) is 30.4 Å². The molecule has 0 unspecified atom stereocenters. The summed E-state index contributed by atoms with van der Waals surface area (Å²) >= 11 is 0. The summed E-state index contributed by atoms with van der Waals surface area (Å²) in [7, 11) is 1.44. The fourth-order valence-corrected chi connectivity index (χ4v) is 2.28. The van der Waals surface area contributed by atoms with E-state index in [2.05, 4.69) is 10.9 Å². The molecule has 0 aliphatic carbocycles. The van der Waals surface area contributed by atoms with Crippen molar-refractivity contribution in [2.75, 3.05) is 13.7 Å². The van der Waals surface area contributed by atoms with Crippen LogP contribution in [0.25, 0.3) is 0 Å². The second-order valence-electron chi connectivity index (χ2n) is 5.21. The number of non-ortho nitro benzene ring substituents is 1. The van der Waals surface area contributed by atoms with Crippen molar-refractivity contribution in [1.82, 2.24) is 10.9 Å². The van der Waals surface area contributed by atoms with Crippen LogP contribution < -0.4 is 15.6 Å². The van der Waals surface area contributed by atoms with E-state index in [4.69, 9.17) is 4.74 Å². The van der Waals surface area contributed by atoms with Gasteiger partial charge in [-0.15, -0.1) is 0 Å². The number of para-hydroxylation sites is 1. The fourth-order valence-electron chi connectivity index (χ4n) is 2.28. The van der Waals surface area contributed by atoms with Crippen LogP contribution in [0.15, 0.2) is 48.5 Å².